The number of hydrogen-bond acceptors (Lipinski definition) is 6. The first-order chi connectivity index (χ1) is 14.1. The second-order valence-electron chi connectivity index (χ2n) is 7.15. The fourth-order valence-corrected chi connectivity index (χ4v) is 3.61. The van der Waals surface area contributed by atoms with Gasteiger partial charge >= 0.3 is 0 Å². The van der Waals surface area contributed by atoms with Crippen LogP contribution in [0.2, 0.25) is 0 Å². The van der Waals surface area contributed by atoms with E-state index in [1.54, 1.807) is 18.6 Å². The van der Waals surface area contributed by atoms with E-state index in [2.05, 4.69) is 20.2 Å². The summed E-state index contributed by atoms with van der Waals surface area (Å²) in [4.78, 5) is 23.5. The first-order valence-corrected chi connectivity index (χ1v) is 10.3. The molecule has 1 aromatic heterocycles. The zero-order chi connectivity index (χ0) is 20.6. The molecule has 1 N–H and O–H groups in total. The maximum atomic E-state index is 12.9. The maximum Gasteiger partial charge on any atom is 0.225 e. The third kappa shape index (κ3) is 5.37. The highest BCUT2D eigenvalue weighted by molar-refractivity contribution is 5.80. The fraction of sp³-hybridized carbons (Fsp3) is 0.500. The summed E-state index contributed by atoms with van der Waals surface area (Å²) in [6, 6.07) is 5.71. The van der Waals surface area contributed by atoms with Crippen molar-refractivity contribution in [1.29, 1.82) is 0 Å². The maximum absolute atomic E-state index is 12.9. The summed E-state index contributed by atoms with van der Waals surface area (Å²) in [5, 5.41) is 3.16. The molecule has 156 valence electrons. The van der Waals surface area contributed by atoms with Crippen molar-refractivity contribution in [3.63, 3.8) is 0 Å². The van der Waals surface area contributed by atoms with Gasteiger partial charge in [-0.05, 0) is 51.3 Å². The quantitative estimate of drug-likeness (QED) is 0.735. The Balaban J connectivity index is 1.64. The molecule has 29 heavy (non-hydrogen) atoms. The number of amides is 1. The second kappa shape index (κ2) is 10.1. The Hall–Kier alpha value is -2.83. The summed E-state index contributed by atoms with van der Waals surface area (Å²) in [6.07, 6.45) is 6.93. The average molecular weight is 399 g/mol. The number of rotatable bonds is 8. The molecule has 1 fully saturated rings. The standard InChI is InChI=1S/C22H30N4O3/c1-4-28-19-9-8-17(13-20(19)29-5-2)16(3)25-22(27)18-7-6-12-26(15-18)21-14-23-10-11-24-21/h8-11,13-14,16,18H,4-7,12,15H2,1-3H3,(H,25,27). The number of aromatic nitrogens is 2. The summed E-state index contributed by atoms with van der Waals surface area (Å²) in [5.41, 5.74) is 0.992. The van der Waals surface area contributed by atoms with Gasteiger partial charge < -0.3 is 19.7 Å². The van der Waals surface area contributed by atoms with Crippen LogP contribution in [0.3, 0.4) is 0 Å². The van der Waals surface area contributed by atoms with Crippen LogP contribution in [-0.2, 0) is 4.79 Å². The fourth-order valence-electron chi connectivity index (χ4n) is 3.61. The van der Waals surface area contributed by atoms with Gasteiger partial charge in [0.05, 0.1) is 31.4 Å². The molecular formula is C22H30N4O3. The van der Waals surface area contributed by atoms with Gasteiger partial charge in [0.15, 0.2) is 11.5 Å². The molecule has 0 saturated carbocycles. The number of carbonyl (C=O) groups excluding carboxylic acids is 1. The number of anilines is 1. The van der Waals surface area contributed by atoms with Gasteiger partial charge in [-0.25, -0.2) is 4.98 Å². The predicted octanol–water partition coefficient (Wildman–Crippen LogP) is 3.37. The first-order valence-electron chi connectivity index (χ1n) is 10.3. The largest absolute Gasteiger partial charge is 0.490 e. The third-order valence-electron chi connectivity index (χ3n) is 5.09. The molecule has 0 spiro atoms. The lowest BCUT2D eigenvalue weighted by Crippen LogP contribution is -2.44. The highest BCUT2D eigenvalue weighted by atomic mass is 16.5. The molecule has 2 unspecified atom stereocenters. The molecule has 1 aromatic carbocycles. The smallest absolute Gasteiger partial charge is 0.225 e. The van der Waals surface area contributed by atoms with E-state index in [0.29, 0.717) is 25.5 Å². The normalized spacial score (nSPS) is 17.5. The number of piperidine rings is 1. The lowest BCUT2D eigenvalue weighted by molar-refractivity contribution is -0.125. The van der Waals surface area contributed by atoms with Crippen molar-refractivity contribution in [3.8, 4) is 11.5 Å². The van der Waals surface area contributed by atoms with E-state index in [0.717, 1.165) is 36.5 Å². The Bertz CT molecular complexity index is 800. The molecule has 0 aliphatic carbocycles. The SMILES string of the molecule is CCOc1ccc(C(C)NC(=O)C2CCCN(c3cnccn3)C2)cc1OCC. The lowest BCUT2D eigenvalue weighted by Gasteiger charge is -2.33. The topological polar surface area (TPSA) is 76.6 Å². The van der Waals surface area contributed by atoms with Crippen molar-refractivity contribution < 1.29 is 14.3 Å². The van der Waals surface area contributed by atoms with Gasteiger partial charge in [0.25, 0.3) is 0 Å². The molecular weight excluding hydrogens is 368 g/mol. The highest BCUT2D eigenvalue weighted by Gasteiger charge is 2.27. The number of hydrogen-bond donors (Lipinski definition) is 1. The second-order valence-corrected chi connectivity index (χ2v) is 7.15. The van der Waals surface area contributed by atoms with Crippen LogP contribution in [-0.4, -0.2) is 42.2 Å². The number of nitrogens with zero attached hydrogens (tertiary/aromatic N) is 3. The van der Waals surface area contributed by atoms with Crippen LogP contribution >= 0.6 is 0 Å². The molecule has 1 amide bonds. The summed E-state index contributed by atoms with van der Waals surface area (Å²) in [6.45, 7) is 8.58. The zero-order valence-electron chi connectivity index (χ0n) is 17.4. The lowest BCUT2D eigenvalue weighted by atomic mass is 9.96. The van der Waals surface area contributed by atoms with Crippen molar-refractivity contribution in [3.05, 3.63) is 42.4 Å². The van der Waals surface area contributed by atoms with Crippen LogP contribution in [0.4, 0.5) is 5.82 Å². The molecule has 3 rings (SSSR count). The van der Waals surface area contributed by atoms with Gasteiger partial charge in [-0.15, -0.1) is 0 Å². The van der Waals surface area contributed by atoms with E-state index in [9.17, 15) is 4.79 Å². The van der Waals surface area contributed by atoms with Crippen LogP contribution < -0.4 is 19.7 Å². The number of benzene rings is 1. The molecule has 1 aliphatic rings. The van der Waals surface area contributed by atoms with E-state index in [-0.39, 0.29) is 17.9 Å². The monoisotopic (exact) mass is 398 g/mol. The van der Waals surface area contributed by atoms with Crippen LogP contribution in [0.1, 0.15) is 45.2 Å². The molecule has 2 aromatic rings. The molecule has 0 bridgehead atoms. The first kappa shape index (κ1) is 20.9. The number of nitrogens with one attached hydrogen (secondary N) is 1. The van der Waals surface area contributed by atoms with Crippen molar-refractivity contribution in [1.82, 2.24) is 15.3 Å². The predicted molar refractivity (Wildman–Crippen MR) is 112 cm³/mol. The van der Waals surface area contributed by atoms with E-state index in [4.69, 9.17) is 9.47 Å². The molecule has 1 saturated heterocycles. The summed E-state index contributed by atoms with van der Waals surface area (Å²) >= 11 is 0. The van der Waals surface area contributed by atoms with Crippen LogP contribution in [0.25, 0.3) is 0 Å². The Kier molecular flexibility index (Phi) is 7.27. The van der Waals surface area contributed by atoms with Crippen molar-refractivity contribution in [2.45, 2.75) is 39.7 Å². The minimum Gasteiger partial charge on any atom is -0.490 e. The van der Waals surface area contributed by atoms with Crippen molar-refractivity contribution in [2.24, 2.45) is 5.92 Å². The number of ether oxygens (including phenoxy) is 2. The molecule has 7 heteroatoms. The summed E-state index contributed by atoms with van der Waals surface area (Å²) in [5.74, 6) is 2.26. The van der Waals surface area contributed by atoms with Gasteiger partial charge in [0.1, 0.15) is 5.82 Å². The van der Waals surface area contributed by atoms with E-state index >= 15 is 0 Å². The molecule has 2 atom stereocenters. The number of carbonyl (C=O) groups is 1. The van der Waals surface area contributed by atoms with Gasteiger partial charge in [-0.1, -0.05) is 6.07 Å². The third-order valence-corrected chi connectivity index (χ3v) is 5.09. The van der Waals surface area contributed by atoms with Gasteiger partial charge in [0.2, 0.25) is 5.91 Å². The average Bonchev–Trinajstić information content (AvgIpc) is 2.76. The molecule has 0 radical (unpaired) electrons. The van der Waals surface area contributed by atoms with Crippen LogP contribution in [0.15, 0.2) is 36.8 Å². The molecule has 2 heterocycles. The van der Waals surface area contributed by atoms with Gasteiger partial charge in [-0.3, -0.25) is 9.78 Å². The zero-order valence-corrected chi connectivity index (χ0v) is 17.4. The van der Waals surface area contributed by atoms with E-state index in [1.165, 1.54) is 0 Å². The summed E-state index contributed by atoms with van der Waals surface area (Å²) in [7, 11) is 0. The molecule has 1 aliphatic heterocycles. The minimum atomic E-state index is -0.121. The molecule has 7 nitrogen and oxygen atoms in total. The Morgan fingerprint density at radius 2 is 2.03 bits per heavy atom. The van der Waals surface area contributed by atoms with Crippen LogP contribution in [0.5, 0.6) is 11.5 Å². The van der Waals surface area contributed by atoms with E-state index < -0.39 is 0 Å². The van der Waals surface area contributed by atoms with Crippen molar-refractivity contribution >= 4 is 11.7 Å². The Labute approximate surface area is 172 Å². The highest BCUT2D eigenvalue weighted by Crippen LogP contribution is 2.31. The minimum absolute atomic E-state index is 0.0673. The van der Waals surface area contributed by atoms with Gasteiger partial charge in [-0.2, -0.15) is 0 Å². The van der Waals surface area contributed by atoms with Gasteiger partial charge in [0, 0.05) is 25.5 Å². The van der Waals surface area contributed by atoms with Crippen LogP contribution in [0, 0.1) is 5.92 Å². The Morgan fingerprint density at radius 1 is 1.24 bits per heavy atom. The van der Waals surface area contributed by atoms with Crippen molar-refractivity contribution in [2.75, 3.05) is 31.2 Å². The summed E-state index contributed by atoms with van der Waals surface area (Å²) < 4.78 is 11.3. The van der Waals surface area contributed by atoms with E-state index in [1.807, 2.05) is 39.0 Å². The Morgan fingerprint density at radius 3 is 2.76 bits per heavy atom.